The third kappa shape index (κ3) is 3.40. The van der Waals surface area contributed by atoms with Crippen LogP contribution in [0.2, 0.25) is 0 Å². The zero-order chi connectivity index (χ0) is 11.2. The number of thiophene rings is 1. The molecule has 2 heterocycles. The molecule has 0 aliphatic heterocycles. The van der Waals surface area contributed by atoms with E-state index in [1.54, 1.807) is 11.3 Å². The summed E-state index contributed by atoms with van der Waals surface area (Å²) in [6.07, 6.45) is 4.13. The predicted molar refractivity (Wildman–Crippen MR) is 71.2 cm³/mol. The van der Waals surface area contributed by atoms with Gasteiger partial charge in [-0.2, -0.15) is 11.3 Å². The van der Waals surface area contributed by atoms with Crippen LogP contribution in [0, 0.1) is 0 Å². The number of nitrogens with zero attached hydrogens (tertiary/aromatic N) is 1. The maximum absolute atomic E-state index is 4.40. The second kappa shape index (κ2) is 6.13. The summed E-state index contributed by atoms with van der Waals surface area (Å²) in [5.41, 5.74) is 1.37. The number of aryl methyl sites for hydroxylation is 1. The van der Waals surface area contributed by atoms with Crippen LogP contribution < -0.4 is 5.32 Å². The number of nitrogens with one attached hydrogen (secondary N) is 1. The maximum atomic E-state index is 4.40. The van der Waals surface area contributed by atoms with Crippen LogP contribution in [0.5, 0.6) is 0 Å². The molecule has 1 N–H and O–H groups in total. The van der Waals surface area contributed by atoms with E-state index in [9.17, 15) is 0 Å². The molecule has 16 heavy (non-hydrogen) atoms. The maximum Gasteiger partial charge on any atom is 0.0940 e. The van der Waals surface area contributed by atoms with Crippen molar-refractivity contribution in [3.63, 3.8) is 0 Å². The summed E-state index contributed by atoms with van der Waals surface area (Å²) >= 11 is 3.58. The predicted octanol–water partition coefficient (Wildman–Crippen LogP) is 3.10. The molecule has 0 aliphatic carbocycles. The highest BCUT2D eigenvalue weighted by Crippen LogP contribution is 2.13. The molecular formula is C12H16N2S2. The zero-order valence-corrected chi connectivity index (χ0v) is 11.0. The molecular weight excluding hydrogens is 236 g/mol. The molecule has 86 valence electrons. The molecule has 4 heteroatoms. The molecule has 0 amide bonds. The monoisotopic (exact) mass is 252 g/mol. The minimum absolute atomic E-state index is 0.968. The van der Waals surface area contributed by atoms with Crippen molar-refractivity contribution in [2.45, 2.75) is 26.3 Å². The highest BCUT2D eigenvalue weighted by Gasteiger charge is 2.00. The molecule has 0 unspecified atom stereocenters. The third-order valence-corrected chi connectivity index (χ3v) is 4.31. The highest BCUT2D eigenvalue weighted by atomic mass is 32.1. The Bertz CT molecular complexity index is 406. The Morgan fingerprint density at radius 3 is 3.06 bits per heavy atom. The van der Waals surface area contributed by atoms with Gasteiger partial charge in [0.15, 0.2) is 0 Å². The first-order valence-electron chi connectivity index (χ1n) is 5.54. The lowest BCUT2D eigenvalue weighted by molar-refractivity contribution is 0.686. The minimum Gasteiger partial charge on any atom is -0.312 e. The summed E-state index contributed by atoms with van der Waals surface area (Å²) in [6, 6.07) is 2.16. The molecule has 0 aliphatic rings. The summed E-state index contributed by atoms with van der Waals surface area (Å²) in [4.78, 5) is 5.78. The van der Waals surface area contributed by atoms with Crippen LogP contribution in [0.15, 0.2) is 23.0 Å². The molecule has 2 rings (SSSR count). The van der Waals surface area contributed by atoms with Crippen molar-refractivity contribution in [1.82, 2.24) is 10.3 Å². The fraction of sp³-hybridized carbons (Fsp3) is 0.417. The first-order valence-corrected chi connectivity index (χ1v) is 7.29. The van der Waals surface area contributed by atoms with Crippen molar-refractivity contribution >= 4 is 22.7 Å². The lowest BCUT2D eigenvalue weighted by Gasteiger charge is -2.00. The molecule has 0 fully saturated rings. The Kier molecular flexibility index (Phi) is 4.51. The van der Waals surface area contributed by atoms with Crippen LogP contribution in [0.4, 0.5) is 0 Å². The van der Waals surface area contributed by atoms with Gasteiger partial charge in [0.1, 0.15) is 0 Å². The van der Waals surface area contributed by atoms with E-state index >= 15 is 0 Å². The number of hydrogen-bond acceptors (Lipinski definition) is 4. The lowest BCUT2D eigenvalue weighted by Crippen LogP contribution is -2.16. The van der Waals surface area contributed by atoms with E-state index < -0.39 is 0 Å². The summed E-state index contributed by atoms with van der Waals surface area (Å²) < 4.78 is 0. The van der Waals surface area contributed by atoms with Crippen LogP contribution >= 0.6 is 22.7 Å². The van der Waals surface area contributed by atoms with Gasteiger partial charge < -0.3 is 5.32 Å². The summed E-state index contributed by atoms with van der Waals surface area (Å²) in [5.74, 6) is 0. The van der Waals surface area contributed by atoms with Gasteiger partial charge in [-0.25, -0.2) is 4.98 Å². The van der Waals surface area contributed by atoms with Gasteiger partial charge in [-0.3, -0.25) is 0 Å². The molecule has 0 spiro atoms. The van der Waals surface area contributed by atoms with Crippen molar-refractivity contribution in [3.05, 3.63) is 38.5 Å². The van der Waals surface area contributed by atoms with E-state index in [2.05, 4.69) is 34.1 Å². The van der Waals surface area contributed by atoms with Gasteiger partial charge in [-0.05, 0) is 28.8 Å². The third-order valence-electron chi connectivity index (χ3n) is 2.37. The standard InChI is InChI=1S/C12H16N2S2/c1-2-11-8-14-12(16-11)3-5-13-7-10-4-6-15-9-10/h4,6,8-9,13H,2-3,5,7H2,1H3. The number of aromatic nitrogens is 1. The molecule has 0 bridgehead atoms. The topological polar surface area (TPSA) is 24.9 Å². The molecule has 2 nitrogen and oxygen atoms in total. The Hall–Kier alpha value is -0.710. The first-order chi connectivity index (χ1) is 7.88. The van der Waals surface area contributed by atoms with Crippen LogP contribution in [-0.4, -0.2) is 11.5 Å². The Balaban J connectivity index is 1.68. The lowest BCUT2D eigenvalue weighted by atomic mass is 10.3. The fourth-order valence-corrected chi connectivity index (χ4v) is 2.98. The second-order valence-corrected chi connectivity index (χ2v) is 5.61. The van der Waals surface area contributed by atoms with Crippen molar-refractivity contribution in [2.75, 3.05) is 6.54 Å². The minimum atomic E-state index is 0.968. The van der Waals surface area contributed by atoms with Gasteiger partial charge in [0.05, 0.1) is 5.01 Å². The smallest absolute Gasteiger partial charge is 0.0940 e. The number of hydrogen-bond donors (Lipinski definition) is 1. The van der Waals surface area contributed by atoms with Gasteiger partial charge in [-0.15, -0.1) is 11.3 Å². The zero-order valence-electron chi connectivity index (χ0n) is 9.40. The summed E-state index contributed by atoms with van der Waals surface area (Å²) in [5, 5.41) is 8.98. The number of rotatable bonds is 6. The largest absolute Gasteiger partial charge is 0.312 e. The van der Waals surface area contributed by atoms with E-state index in [0.29, 0.717) is 0 Å². The van der Waals surface area contributed by atoms with Gasteiger partial charge in [0.2, 0.25) is 0 Å². The molecule has 0 saturated heterocycles. The van der Waals surface area contributed by atoms with Crippen molar-refractivity contribution in [3.8, 4) is 0 Å². The van der Waals surface area contributed by atoms with Gasteiger partial charge in [-0.1, -0.05) is 6.92 Å². The van der Waals surface area contributed by atoms with Crippen molar-refractivity contribution in [2.24, 2.45) is 0 Å². The van der Waals surface area contributed by atoms with Gasteiger partial charge in [0.25, 0.3) is 0 Å². The fourth-order valence-electron chi connectivity index (χ4n) is 1.45. The van der Waals surface area contributed by atoms with Crippen molar-refractivity contribution < 1.29 is 0 Å². The molecule has 0 saturated carbocycles. The molecule has 0 atom stereocenters. The van der Waals surface area contributed by atoms with Crippen molar-refractivity contribution in [1.29, 1.82) is 0 Å². The summed E-state index contributed by atoms with van der Waals surface area (Å²) in [7, 11) is 0. The van der Waals surface area contributed by atoms with E-state index in [-0.39, 0.29) is 0 Å². The highest BCUT2D eigenvalue weighted by molar-refractivity contribution is 7.11. The van der Waals surface area contributed by atoms with Crippen LogP contribution in [0.25, 0.3) is 0 Å². The van der Waals surface area contributed by atoms with E-state index in [0.717, 1.165) is 25.9 Å². The first kappa shape index (κ1) is 11.8. The van der Waals surface area contributed by atoms with E-state index in [1.807, 2.05) is 17.5 Å². The van der Waals surface area contributed by atoms with Crippen LogP contribution in [-0.2, 0) is 19.4 Å². The Morgan fingerprint density at radius 2 is 2.38 bits per heavy atom. The quantitative estimate of drug-likeness (QED) is 0.799. The second-order valence-electron chi connectivity index (χ2n) is 3.63. The number of thiazole rings is 1. The molecule has 0 radical (unpaired) electrons. The molecule has 2 aromatic rings. The molecule has 0 aromatic carbocycles. The van der Waals surface area contributed by atoms with Gasteiger partial charge >= 0.3 is 0 Å². The average molecular weight is 252 g/mol. The molecule has 2 aromatic heterocycles. The Morgan fingerprint density at radius 1 is 1.44 bits per heavy atom. The average Bonchev–Trinajstić information content (AvgIpc) is 2.95. The van der Waals surface area contributed by atoms with Crippen LogP contribution in [0.3, 0.4) is 0 Å². The van der Waals surface area contributed by atoms with E-state index in [1.165, 1.54) is 15.4 Å². The van der Waals surface area contributed by atoms with Crippen LogP contribution in [0.1, 0.15) is 22.4 Å². The SMILES string of the molecule is CCc1cnc(CCNCc2ccsc2)s1. The van der Waals surface area contributed by atoms with E-state index in [4.69, 9.17) is 0 Å². The van der Waals surface area contributed by atoms with Gasteiger partial charge in [0, 0.05) is 30.6 Å². The summed E-state index contributed by atoms with van der Waals surface area (Å²) in [6.45, 7) is 4.15. The Labute approximate surface area is 104 Å². The normalized spacial score (nSPS) is 10.8.